The van der Waals surface area contributed by atoms with E-state index in [9.17, 15) is 9.59 Å². The summed E-state index contributed by atoms with van der Waals surface area (Å²) in [7, 11) is 0. The van der Waals surface area contributed by atoms with E-state index < -0.39 is 0 Å². The van der Waals surface area contributed by atoms with Gasteiger partial charge in [-0.2, -0.15) is 0 Å². The summed E-state index contributed by atoms with van der Waals surface area (Å²) in [4.78, 5) is 26.6. The Balaban J connectivity index is 1.57. The first kappa shape index (κ1) is 23.6. The molecule has 2 aromatic heterocycles. The van der Waals surface area contributed by atoms with Crippen molar-refractivity contribution in [1.82, 2.24) is 24.5 Å². The molecule has 182 valence electrons. The third kappa shape index (κ3) is 4.35. The molecule has 1 amide bonds. The van der Waals surface area contributed by atoms with Crippen LogP contribution in [0.25, 0.3) is 22.4 Å². The standard InChI is InChI=1S/C27H31N5O2S/c1-16-13-14-22(18(3)15-16)31-25(34)20-10-6-8-12-23(20)32-26(31)29-30-27(32)35-19(4)24(33)28-21-11-7-5-9-17(21)2/h6,8,10,12-15,17,19,21H,5,7,9,11H2,1-4H3,(H,28,33). The van der Waals surface area contributed by atoms with Gasteiger partial charge in [-0.15, -0.1) is 10.2 Å². The zero-order valence-corrected chi connectivity index (χ0v) is 21.4. The van der Waals surface area contributed by atoms with E-state index in [1.165, 1.54) is 18.2 Å². The van der Waals surface area contributed by atoms with Crippen LogP contribution in [0, 0.1) is 19.8 Å². The van der Waals surface area contributed by atoms with E-state index in [-0.39, 0.29) is 22.8 Å². The number of fused-ring (bicyclic) bond motifs is 3. The van der Waals surface area contributed by atoms with Crippen LogP contribution in [0.1, 0.15) is 50.7 Å². The van der Waals surface area contributed by atoms with Gasteiger partial charge in [0.1, 0.15) is 0 Å². The molecule has 0 radical (unpaired) electrons. The summed E-state index contributed by atoms with van der Waals surface area (Å²) in [5.41, 5.74) is 3.48. The van der Waals surface area contributed by atoms with Gasteiger partial charge in [0, 0.05) is 6.04 Å². The van der Waals surface area contributed by atoms with Gasteiger partial charge >= 0.3 is 0 Å². The summed E-state index contributed by atoms with van der Waals surface area (Å²) in [5.74, 6) is 0.948. The molecule has 1 fully saturated rings. The lowest BCUT2D eigenvalue weighted by atomic mass is 9.86. The summed E-state index contributed by atoms with van der Waals surface area (Å²) >= 11 is 1.37. The Labute approximate surface area is 208 Å². The van der Waals surface area contributed by atoms with Crippen LogP contribution in [-0.2, 0) is 4.79 Å². The number of carbonyl (C=O) groups is 1. The number of rotatable bonds is 5. The second-order valence-electron chi connectivity index (χ2n) is 9.70. The smallest absolute Gasteiger partial charge is 0.267 e. The number of para-hydroxylation sites is 1. The number of amides is 1. The molecule has 35 heavy (non-hydrogen) atoms. The highest BCUT2D eigenvalue weighted by Gasteiger charge is 2.27. The Morgan fingerprint density at radius 2 is 1.89 bits per heavy atom. The fourth-order valence-corrected chi connectivity index (χ4v) is 5.94. The molecule has 7 nitrogen and oxygen atoms in total. The third-order valence-electron chi connectivity index (χ3n) is 7.08. The Kier molecular flexibility index (Phi) is 6.40. The van der Waals surface area contributed by atoms with Crippen LogP contribution in [0.15, 0.2) is 52.4 Å². The molecule has 3 atom stereocenters. The largest absolute Gasteiger partial charge is 0.352 e. The molecule has 1 aliphatic carbocycles. The van der Waals surface area contributed by atoms with Crippen molar-refractivity contribution in [2.75, 3.05) is 0 Å². The van der Waals surface area contributed by atoms with Crippen LogP contribution in [-0.4, -0.2) is 36.4 Å². The predicted molar refractivity (Wildman–Crippen MR) is 140 cm³/mol. The predicted octanol–water partition coefficient (Wildman–Crippen LogP) is 4.83. The van der Waals surface area contributed by atoms with E-state index in [0.717, 1.165) is 41.6 Å². The van der Waals surface area contributed by atoms with Gasteiger partial charge in [0.05, 0.1) is 21.8 Å². The number of nitrogens with zero attached hydrogens (tertiary/aromatic N) is 4. The molecule has 8 heteroatoms. The minimum Gasteiger partial charge on any atom is -0.352 e. The molecule has 2 aromatic carbocycles. The lowest BCUT2D eigenvalue weighted by Gasteiger charge is -2.30. The van der Waals surface area contributed by atoms with E-state index in [4.69, 9.17) is 0 Å². The molecule has 3 unspecified atom stereocenters. The zero-order valence-electron chi connectivity index (χ0n) is 20.6. The summed E-state index contributed by atoms with van der Waals surface area (Å²) in [6.45, 7) is 8.14. The second-order valence-corrected chi connectivity index (χ2v) is 11.0. The van der Waals surface area contributed by atoms with Crippen molar-refractivity contribution in [3.05, 3.63) is 63.9 Å². The maximum atomic E-state index is 13.6. The Morgan fingerprint density at radius 3 is 2.66 bits per heavy atom. The average molecular weight is 490 g/mol. The molecule has 4 aromatic rings. The van der Waals surface area contributed by atoms with Crippen molar-refractivity contribution in [2.45, 2.75) is 69.8 Å². The maximum absolute atomic E-state index is 13.6. The van der Waals surface area contributed by atoms with Gasteiger partial charge in [-0.3, -0.25) is 14.0 Å². The van der Waals surface area contributed by atoms with Crippen LogP contribution < -0.4 is 10.9 Å². The molecule has 0 spiro atoms. The van der Waals surface area contributed by atoms with E-state index in [0.29, 0.717) is 22.2 Å². The molecular formula is C27H31N5O2S. The van der Waals surface area contributed by atoms with Gasteiger partial charge in [0.2, 0.25) is 11.7 Å². The Bertz CT molecular complexity index is 1470. The van der Waals surface area contributed by atoms with Gasteiger partial charge in [-0.25, -0.2) is 4.57 Å². The first-order chi connectivity index (χ1) is 16.8. The second kappa shape index (κ2) is 9.49. The monoisotopic (exact) mass is 489 g/mol. The van der Waals surface area contributed by atoms with Gasteiger partial charge in [-0.1, -0.05) is 61.4 Å². The highest BCUT2D eigenvalue weighted by molar-refractivity contribution is 8.00. The quantitative estimate of drug-likeness (QED) is 0.406. The summed E-state index contributed by atoms with van der Waals surface area (Å²) < 4.78 is 3.52. The zero-order chi connectivity index (χ0) is 24.7. The number of benzene rings is 2. The molecule has 0 saturated heterocycles. The van der Waals surface area contributed by atoms with Crippen LogP contribution in [0.4, 0.5) is 0 Å². The number of aromatic nitrogens is 4. The van der Waals surface area contributed by atoms with E-state index in [1.807, 2.05) is 61.6 Å². The van der Waals surface area contributed by atoms with Crippen LogP contribution >= 0.6 is 11.8 Å². The number of hydrogen-bond acceptors (Lipinski definition) is 5. The van der Waals surface area contributed by atoms with Crippen LogP contribution in [0.2, 0.25) is 0 Å². The lowest BCUT2D eigenvalue weighted by Crippen LogP contribution is -2.44. The lowest BCUT2D eigenvalue weighted by molar-refractivity contribution is -0.121. The molecule has 2 heterocycles. The average Bonchev–Trinajstić information content (AvgIpc) is 3.25. The van der Waals surface area contributed by atoms with E-state index in [2.05, 4.69) is 28.5 Å². The minimum absolute atomic E-state index is 0.0116. The Morgan fingerprint density at radius 1 is 1.11 bits per heavy atom. The highest BCUT2D eigenvalue weighted by Crippen LogP contribution is 2.28. The van der Waals surface area contributed by atoms with Gasteiger partial charge in [0.25, 0.3) is 5.56 Å². The van der Waals surface area contributed by atoms with Crippen molar-refractivity contribution >= 4 is 34.3 Å². The van der Waals surface area contributed by atoms with Crippen molar-refractivity contribution in [1.29, 1.82) is 0 Å². The number of aryl methyl sites for hydroxylation is 2. The minimum atomic E-state index is -0.350. The summed E-state index contributed by atoms with van der Waals surface area (Å²) in [6, 6.07) is 13.7. The molecule has 1 N–H and O–H groups in total. The maximum Gasteiger partial charge on any atom is 0.267 e. The Hall–Kier alpha value is -3.13. The number of hydrogen-bond donors (Lipinski definition) is 1. The molecule has 1 aliphatic rings. The topological polar surface area (TPSA) is 81.3 Å². The third-order valence-corrected chi connectivity index (χ3v) is 8.12. The molecule has 5 rings (SSSR count). The fraction of sp³-hybridized carbons (Fsp3) is 0.407. The number of nitrogens with one attached hydrogen (secondary N) is 1. The van der Waals surface area contributed by atoms with Crippen LogP contribution in [0.3, 0.4) is 0 Å². The molecule has 0 bridgehead atoms. The van der Waals surface area contributed by atoms with E-state index >= 15 is 0 Å². The van der Waals surface area contributed by atoms with Gasteiger partial charge in [0.15, 0.2) is 5.16 Å². The molecule has 0 aliphatic heterocycles. The first-order valence-corrected chi connectivity index (χ1v) is 13.2. The number of carbonyl (C=O) groups excluding carboxylic acids is 1. The van der Waals surface area contributed by atoms with Crippen molar-refractivity contribution < 1.29 is 4.79 Å². The van der Waals surface area contributed by atoms with Crippen molar-refractivity contribution in [3.63, 3.8) is 0 Å². The number of thioether (sulfide) groups is 1. The summed E-state index contributed by atoms with van der Waals surface area (Å²) in [5, 5.41) is 12.9. The first-order valence-electron chi connectivity index (χ1n) is 12.3. The van der Waals surface area contributed by atoms with E-state index in [1.54, 1.807) is 4.57 Å². The van der Waals surface area contributed by atoms with Crippen molar-refractivity contribution in [3.8, 4) is 5.69 Å². The normalized spacial score (nSPS) is 19.2. The SMILES string of the molecule is Cc1ccc(-n2c(=O)c3ccccc3n3c(SC(C)C(=O)NC4CCCCC4C)nnc23)c(C)c1. The van der Waals surface area contributed by atoms with Crippen molar-refractivity contribution in [2.24, 2.45) is 5.92 Å². The molecule has 1 saturated carbocycles. The molecular weight excluding hydrogens is 458 g/mol. The fourth-order valence-electron chi connectivity index (χ4n) is 5.07. The van der Waals surface area contributed by atoms with Crippen LogP contribution in [0.5, 0.6) is 0 Å². The van der Waals surface area contributed by atoms with Gasteiger partial charge < -0.3 is 5.32 Å². The highest BCUT2D eigenvalue weighted by atomic mass is 32.2. The van der Waals surface area contributed by atoms with Gasteiger partial charge in [-0.05, 0) is 63.3 Å². The summed E-state index contributed by atoms with van der Waals surface area (Å²) in [6.07, 6.45) is 4.58.